The fraction of sp³-hybridized carbons (Fsp3) is 0.154. The number of imidazole rings is 1. The van der Waals surface area contributed by atoms with E-state index in [4.69, 9.17) is 23.2 Å². The number of hydrogen-bond donors (Lipinski definition) is 0. The van der Waals surface area contributed by atoms with E-state index >= 15 is 0 Å². The summed E-state index contributed by atoms with van der Waals surface area (Å²) in [4.78, 5) is 20.3. The molecule has 1 amide bonds. The molecular weight excluding hydrogens is 553 g/mol. The maximum atomic E-state index is 14.0. The molecular formula is C26H20BrCl2N3OS. The van der Waals surface area contributed by atoms with E-state index < -0.39 is 5.54 Å². The molecule has 4 aromatic rings. The Morgan fingerprint density at radius 1 is 0.971 bits per heavy atom. The molecule has 172 valence electrons. The summed E-state index contributed by atoms with van der Waals surface area (Å²) in [5.74, 6) is 1.27. The van der Waals surface area contributed by atoms with E-state index in [0.717, 1.165) is 20.8 Å². The molecule has 0 N–H and O–H groups in total. The lowest BCUT2D eigenvalue weighted by Gasteiger charge is -2.26. The third-order valence-corrected chi connectivity index (χ3v) is 7.89. The van der Waals surface area contributed by atoms with Crippen molar-refractivity contribution in [3.05, 3.63) is 105 Å². The van der Waals surface area contributed by atoms with Crippen molar-refractivity contribution in [2.45, 2.75) is 29.7 Å². The molecule has 1 aromatic heterocycles. The maximum Gasteiger partial charge on any atom is 0.260 e. The number of aromatic nitrogens is 2. The Labute approximate surface area is 221 Å². The second-order valence-corrected chi connectivity index (χ2v) is 11.1. The zero-order valence-corrected chi connectivity index (χ0v) is 22.1. The number of rotatable bonds is 6. The Morgan fingerprint density at radius 3 is 2.32 bits per heavy atom. The number of fused-ring (bicyclic) bond motifs is 1. The number of halogens is 3. The van der Waals surface area contributed by atoms with Crippen molar-refractivity contribution < 1.29 is 4.79 Å². The molecule has 0 radical (unpaired) electrons. The van der Waals surface area contributed by atoms with Crippen molar-refractivity contribution in [1.82, 2.24) is 9.55 Å². The molecule has 2 heterocycles. The summed E-state index contributed by atoms with van der Waals surface area (Å²) in [5, 5.41) is 1.87. The van der Waals surface area contributed by atoms with Crippen LogP contribution in [0.25, 0.3) is 0 Å². The Hall–Kier alpha value is -2.25. The highest BCUT2D eigenvalue weighted by Gasteiger charge is 2.50. The quantitative estimate of drug-likeness (QED) is 0.220. The predicted octanol–water partition coefficient (Wildman–Crippen LogP) is 7.88. The summed E-state index contributed by atoms with van der Waals surface area (Å²) in [7, 11) is 0. The smallest absolute Gasteiger partial charge is 0.260 e. The number of thioether (sulfide) groups is 1. The van der Waals surface area contributed by atoms with Crippen molar-refractivity contribution in [3.8, 4) is 0 Å². The zero-order chi connectivity index (χ0) is 23.9. The van der Waals surface area contributed by atoms with Crippen molar-refractivity contribution in [2.24, 2.45) is 0 Å². The molecule has 34 heavy (non-hydrogen) atoms. The zero-order valence-electron chi connectivity index (χ0n) is 18.2. The summed E-state index contributed by atoms with van der Waals surface area (Å²) >= 11 is 17.7. The molecule has 1 aliphatic rings. The van der Waals surface area contributed by atoms with Gasteiger partial charge in [-0.15, -0.1) is 11.8 Å². The fourth-order valence-electron chi connectivity index (χ4n) is 4.26. The van der Waals surface area contributed by atoms with Crippen LogP contribution in [0.5, 0.6) is 0 Å². The molecule has 5 rings (SSSR count). The van der Waals surface area contributed by atoms with Crippen LogP contribution in [0, 0.1) is 0 Å². The van der Waals surface area contributed by atoms with E-state index in [0.29, 0.717) is 28.1 Å². The summed E-state index contributed by atoms with van der Waals surface area (Å²) < 4.78 is 3.05. The number of nitrogens with zero attached hydrogens (tertiary/aromatic N) is 3. The minimum absolute atomic E-state index is 0.0709. The van der Waals surface area contributed by atoms with Crippen LogP contribution in [0.2, 0.25) is 10.0 Å². The molecule has 3 aromatic carbocycles. The van der Waals surface area contributed by atoms with E-state index in [2.05, 4.69) is 37.6 Å². The third-order valence-electron chi connectivity index (χ3n) is 5.86. The van der Waals surface area contributed by atoms with Gasteiger partial charge in [0.1, 0.15) is 5.54 Å². The van der Waals surface area contributed by atoms with Gasteiger partial charge in [-0.3, -0.25) is 9.36 Å². The lowest BCUT2D eigenvalue weighted by Crippen LogP contribution is -2.41. The number of benzene rings is 3. The van der Waals surface area contributed by atoms with Crippen LogP contribution in [0.1, 0.15) is 18.1 Å². The normalized spacial score (nSPS) is 17.3. The maximum absolute atomic E-state index is 14.0. The van der Waals surface area contributed by atoms with Crippen molar-refractivity contribution in [1.29, 1.82) is 0 Å². The van der Waals surface area contributed by atoms with Crippen molar-refractivity contribution in [2.75, 3.05) is 4.90 Å². The van der Waals surface area contributed by atoms with E-state index in [1.165, 1.54) is 5.56 Å². The number of hydrogen-bond acceptors (Lipinski definition) is 3. The van der Waals surface area contributed by atoms with E-state index in [1.807, 2.05) is 55.6 Å². The Kier molecular flexibility index (Phi) is 6.51. The lowest BCUT2D eigenvalue weighted by molar-refractivity contribution is -0.124. The first-order valence-electron chi connectivity index (χ1n) is 10.7. The Morgan fingerprint density at radius 2 is 1.65 bits per heavy atom. The fourth-order valence-corrected chi connectivity index (χ4v) is 6.09. The molecule has 4 nitrogen and oxygen atoms in total. The van der Waals surface area contributed by atoms with Crippen LogP contribution in [-0.4, -0.2) is 15.5 Å². The van der Waals surface area contributed by atoms with Gasteiger partial charge in [-0.1, -0.05) is 81.6 Å². The van der Waals surface area contributed by atoms with Gasteiger partial charge in [0.2, 0.25) is 5.95 Å². The van der Waals surface area contributed by atoms with Crippen LogP contribution < -0.4 is 4.90 Å². The monoisotopic (exact) mass is 571 g/mol. The minimum Gasteiger partial charge on any atom is -0.289 e. The first-order valence-corrected chi connectivity index (χ1v) is 13.2. The summed E-state index contributed by atoms with van der Waals surface area (Å²) in [5.41, 5.74) is 2.01. The molecule has 1 atom stereocenters. The molecule has 0 aliphatic carbocycles. The second-order valence-electron chi connectivity index (χ2n) is 8.35. The van der Waals surface area contributed by atoms with Gasteiger partial charge >= 0.3 is 0 Å². The number of carbonyl (C=O) groups is 1. The highest BCUT2D eigenvalue weighted by Crippen LogP contribution is 2.45. The first-order chi connectivity index (χ1) is 16.3. The Balaban J connectivity index is 1.58. The Bertz CT molecular complexity index is 1340. The largest absolute Gasteiger partial charge is 0.289 e. The summed E-state index contributed by atoms with van der Waals surface area (Å²) in [6.45, 7) is 1.97. The average molecular weight is 573 g/mol. The van der Waals surface area contributed by atoms with Gasteiger partial charge in [-0.25, -0.2) is 9.88 Å². The van der Waals surface area contributed by atoms with Crippen molar-refractivity contribution >= 4 is 68.4 Å². The molecule has 0 saturated heterocycles. The van der Waals surface area contributed by atoms with Gasteiger partial charge in [0.15, 0.2) is 0 Å². The third kappa shape index (κ3) is 4.40. The highest BCUT2D eigenvalue weighted by atomic mass is 79.9. The molecule has 8 heteroatoms. The topological polar surface area (TPSA) is 38.1 Å². The van der Waals surface area contributed by atoms with Crippen LogP contribution in [0.4, 0.5) is 11.6 Å². The van der Waals surface area contributed by atoms with E-state index in [1.54, 1.807) is 34.9 Å². The minimum atomic E-state index is -0.868. The van der Waals surface area contributed by atoms with Crippen molar-refractivity contribution in [3.63, 3.8) is 0 Å². The SMILES string of the molecule is CC1(Cc2ccc(Br)cc2)C(=O)N(c2cc(Cl)cc(Cl)c2)c2ncc(SCc3ccccc3)n21. The predicted molar refractivity (Wildman–Crippen MR) is 143 cm³/mol. The van der Waals surface area contributed by atoms with Crippen LogP contribution >= 0.6 is 50.9 Å². The highest BCUT2D eigenvalue weighted by molar-refractivity contribution is 9.10. The summed E-state index contributed by atoms with van der Waals surface area (Å²) in [6, 6.07) is 23.5. The van der Waals surface area contributed by atoms with Gasteiger partial charge < -0.3 is 0 Å². The van der Waals surface area contributed by atoms with E-state index in [9.17, 15) is 4.79 Å². The van der Waals surface area contributed by atoms with Gasteiger partial charge in [-0.05, 0) is 48.4 Å². The number of amides is 1. The molecule has 0 saturated carbocycles. The van der Waals surface area contributed by atoms with Gasteiger partial charge in [0.05, 0.1) is 16.9 Å². The molecule has 0 spiro atoms. The molecule has 0 fully saturated rings. The average Bonchev–Trinajstić information content (AvgIpc) is 3.31. The van der Waals surface area contributed by atoms with Gasteiger partial charge in [-0.2, -0.15) is 0 Å². The van der Waals surface area contributed by atoms with Crippen LogP contribution in [0.3, 0.4) is 0 Å². The number of carbonyl (C=O) groups excluding carboxylic acids is 1. The van der Waals surface area contributed by atoms with Crippen LogP contribution in [0.15, 0.2) is 88.5 Å². The molecule has 1 unspecified atom stereocenters. The molecule has 0 bridgehead atoms. The van der Waals surface area contributed by atoms with E-state index in [-0.39, 0.29) is 5.91 Å². The van der Waals surface area contributed by atoms with Crippen LogP contribution in [-0.2, 0) is 22.5 Å². The second kappa shape index (κ2) is 9.42. The molecule has 1 aliphatic heterocycles. The summed E-state index contributed by atoms with van der Waals surface area (Å²) in [6.07, 6.45) is 2.36. The standard InChI is InChI=1S/C26H20BrCl2N3OS/c1-26(14-17-7-9-19(27)10-8-17)24(33)31(22-12-20(28)11-21(29)13-22)25-30-15-23(32(25)26)34-16-18-5-3-2-4-6-18/h2-13,15H,14,16H2,1H3. The lowest BCUT2D eigenvalue weighted by atomic mass is 9.92. The first kappa shape index (κ1) is 23.5. The van der Waals surface area contributed by atoms with Gasteiger partial charge in [0.25, 0.3) is 5.91 Å². The number of anilines is 2. The van der Waals surface area contributed by atoms with Gasteiger partial charge in [0, 0.05) is 26.7 Å².